The Morgan fingerprint density at radius 3 is 1.09 bits per heavy atom. The van der Waals surface area contributed by atoms with Crippen LogP contribution in [-0.4, -0.2) is 18.3 Å². The van der Waals surface area contributed by atoms with Gasteiger partial charge in [0.25, 0.3) is 0 Å². The van der Waals surface area contributed by atoms with E-state index in [-0.39, 0.29) is 0 Å². The third kappa shape index (κ3) is 2.03. The molecule has 0 saturated heterocycles. The normalized spacial score (nSPS) is 16.6. The molecule has 0 saturated carbocycles. The van der Waals surface area contributed by atoms with Crippen LogP contribution in [0.25, 0.3) is 0 Å². The molecule has 2 nitrogen and oxygen atoms in total. The summed E-state index contributed by atoms with van der Waals surface area (Å²) in [7, 11) is -3.06. The van der Waals surface area contributed by atoms with Crippen molar-refractivity contribution in [2.45, 2.75) is 51.0 Å². The van der Waals surface area contributed by atoms with E-state index in [0.29, 0.717) is 0 Å². The fraction of sp³-hybridized carbons (Fsp3) is 1.00. The van der Waals surface area contributed by atoms with Crippen molar-refractivity contribution in [3.63, 3.8) is 0 Å². The van der Waals surface area contributed by atoms with E-state index < -0.39 is 19.7 Å². The summed E-state index contributed by atoms with van der Waals surface area (Å²) in [5.74, 6) is 0. The van der Waals surface area contributed by atoms with Crippen LogP contribution in [0.4, 0.5) is 0 Å². The monoisotopic (exact) mass is 180 g/mol. The van der Waals surface area contributed by atoms with Crippen LogP contribution in [0.5, 0.6) is 0 Å². The third-order valence-corrected chi connectivity index (χ3v) is 5.46. The maximum Gasteiger partial charge on any atom is 0.0458 e. The Morgan fingerprint density at radius 2 is 1.09 bits per heavy atom. The van der Waals surface area contributed by atoms with Gasteiger partial charge in [0.05, 0.1) is 0 Å². The molecule has 0 unspecified atom stereocenters. The lowest BCUT2D eigenvalue weighted by Crippen LogP contribution is -2.47. The van der Waals surface area contributed by atoms with Gasteiger partial charge in [0.2, 0.25) is 0 Å². The van der Waals surface area contributed by atoms with E-state index in [2.05, 4.69) is 0 Å². The molecule has 0 aromatic carbocycles. The first-order valence-electron chi connectivity index (χ1n) is 3.83. The van der Waals surface area contributed by atoms with Crippen LogP contribution >= 0.6 is 0 Å². The Bertz CT molecular complexity index is 165. The third-order valence-electron chi connectivity index (χ3n) is 1.82. The maximum absolute atomic E-state index is 11.8. The lowest BCUT2D eigenvalue weighted by molar-refractivity contribution is 0.465. The summed E-state index contributed by atoms with van der Waals surface area (Å²) in [6.07, 6.45) is 0. The number of rotatable bonds is 0. The molecule has 0 bridgehead atoms. The molecular formula is C8H20O2S. The second kappa shape index (κ2) is 2.56. The molecular weight excluding hydrogens is 160 g/mol. The summed E-state index contributed by atoms with van der Waals surface area (Å²) >= 11 is 0. The molecule has 11 heavy (non-hydrogen) atoms. The minimum atomic E-state index is -3.06. The highest BCUT2D eigenvalue weighted by Gasteiger charge is 2.34. The molecule has 0 heterocycles. The van der Waals surface area contributed by atoms with Crippen LogP contribution in [-0.2, 0) is 10.2 Å². The Hall–Kier alpha value is 0.110. The summed E-state index contributed by atoms with van der Waals surface area (Å²) in [4.78, 5) is 0. The topological polar surface area (TPSA) is 37.3 Å². The van der Waals surface area contributed by atoms with Crippen LogP contribution in [0.1, 0.15) is 41.5 Å². The minimum absolute atomic E-state index is 0.509. The molecule has 1 N–H and O–H groups in total. The highest BCUT2D eigenvalue weighted by Crippen LogP contribution is 2.32. The van der Waals surface area contributed by atoms with Gasteiger partial charge in [0, 0.05) is 9.49 Å². The van der Waals surface area contributed by atoms with Crippen molar-refractivity contribution in [1.29, 1.82) is 0 Å². The van der Waals surface area contributed by atoms with Crippen LogP contribution in [0.3, 0.4) is 0 Å². The average Bonchev–Trinajstić information content (AvgIpc) is 1.58. The van der Waals surface area contributed by atoms with E-state index >= 15 is 0 Å². The fourth-order valence-electron chi connectivity index (χ4n) is 1.01. The van der Waals surface area contributed by atoms with Gasteiger partial charge in [0.15, 0.2) is 0 Å². The number of thiol groups is 1. The zero-order valence-electron chi connectivity index (χ0n) is 8.30. The zero-order valence-corrected chi connectivity index (χ0v) is 9.20. The molecule has 0 amide bonds. The van der Waals surface area contributed by atoms with Gasteiger partial charge >= 0.3 is 0 Å². The van der Waals surface area contributed by atoms with Crippen molar-refractivity contribution >= 4 is 10.2 Å². The average molecular weight is 180 g/mol. The van der Waals surface area contributed by atoms with Gasteiger partial charge in [-0.2, -0.15) is 10.2 Å². The van der Waals surface area contributed by atoms with E-state index in [1.54, 1.807) is 41.5 Å². The lowest BCUT2D eigenvalue weighted by atomic mass is 10.2. The van der Waals surface area contributed by atoms with Crippen LogP contribution in [0.2, 0.25) is 0 Å². The Balaban J connectivity index is 4.92. The van der Waals surface area contributed by atoms with Gasteiger partial charge in [-0.3, -0.25) is 0 Å². The largest absolute Gasteiger partial charge is 0.304 e. The first kappa shape index (κ1) is 11.1. The summed E-state index contributed by atoms with van der Waals surface area (Å²) in [6, 6.07) is 0. The van der Waals surface area contributed by atoms with Gasteiger partial charge in [0.1, 0.15) is 0 Å². The quantitative estimate of drug-likeness (QED) is 0.560. The number of hydrogen-bond donors (Lipinski definition) is 2. The Kier molecular flexibility index (Phi) is 2.58. The molecule has 0 aliphatic carbocycles. The van der Waals surface area contributed by atoms with Crippen molar-refractivity contribution in [1.82, 2.24) is 0 Å². The van der Waals surface area contributed by atoms with E-state index in [9.17, 15) is 8.76 Å². The molecule has 70 valence electrons. The van der Waals surface area contributed by atoms with E-state index in [4.69, 9.17) is 0 Å². The highest BCUT2D eigenvalue weighted by molar-refractivity contribution is 8.00. The molecule has 0 aliphatic rings. The molecule has 0 radical (unpaired) electrons. The lowest BCUT2D eigenvalue weighted by Gasteiger charge is -2.46. The summed E-state index contributed by atoms with van der Waals surface area (Å²) in [6.45, 7) is 10.8. The zero-order chi connectivity index (χ0) is 9.50. The molecule has 0 aromatic rings. The molecule has 0 spiro atoms. The Morgan fingerprint density at radius 1 is 0.909 bits per heavy atom. The second-order valence-corrected chi connectivity index (χ2v) is 8.75. The van der Waals surface area contributed by atoms with Crippen molar-refractivity contribution < 1.29 is 8.76 Å². The fourth-order valence-corrected chi connectivity index (χ4v) is 3.02. The highest BCUT2D eigenvalue weighted by atomic mass is 32.3. The molecule has 0 aromatic heterocycles. The van der Waals surface area contributed by atoms with Crippen molar-refractivity contribution in [2.75, 3.05) is 0 Å². The van der Waals surface area contributed by atoms with E-state index in [0.717, 1.165) is 0 Å². The van der Waals surface area contributed by atoms with E-state index in [1.165, 1.54) is 0 Å². The smallest absolute Gasteiger partial charge is 0.0458 e. The van der Waals surface area contributed by atoms with Gasteiger partial charge in [-0.15, -0.1) is 0 Å². The first-order valence-corrected chi connectivity index (χ1v) is 5.49. The minimum Gasteiger partial charge on any atom is -0.304 e. The van der Waals surface area contributed by atoms with Crippen molar-refractivity contribution in [3.8, 4) is 0 Å². The molecule has 3 heteroatoms. The predicted molar refractivity (Wildman–Crippen MR) is 51.7 cm³/mol. The molecule has 0 aliphatic heterocycles. The molecule has 0 atom stereocenters. The Labute approximate surface area is 70.6 Å². The molecule has 0 fully saturated rings. The van der Waals surface area contributed by atoms with Crippen LogP contribution < -0.4 is 0 Å². The summed E-state index contributed by atoms with van der Waals surface area (Å²) in [5.41, 5.74) is 0. The van der Waals surface area contributed by atoms with Gasteiger partial charge in [-0.1, -0.05) is 0 Å². The van der Waals surface area contributed by atoms with Crippen molar-refractivity contribution in [2.24, 2.45) is 0 Å². The summed E-state index contributed by atoms with van der Waals surface area (Å²) < 4.78 is 20.5. The molecule has 0 rings (SSSR count). The van der Waals surface area contributed by atoms with Crippen LogP contribution in [0, 0.1) is 0 Å². The van der Waals surface area contributed by atoms with E-state index in [1.807, 2.05) is 0 Å². The summed E-state index contributed by atoms with van der Waals surface area (Å²) in [5, 5.41) is 0. The standard InChI is InChI=1S/C8H20O2S/c1-7(2,3)11(9,10)8(4,5)6/h11H,1-6H3,(H,9,10). The van der Waals surface area contributed by atoms with Crippen LogP contribution in [0.15, 0.2) is 0 Å². The van der Waals surface area contributed by atoms with Gasteiger partial charge in [-0.05, 0) is 41.5 Å². The van der Waals surface area contributed by atoms with Crippen molar-refractivity contribution in [3.05, 3.63) is 0 Å². The predicted octanol–water partition coefficient (Wildman–Crippen LogP) is 2.07. The van der Waals surface area contributed by atoms with Gasteiger partial charge < -0.3 is 4.55 Å². The second-order valence-electron chi connectivity index (χ2n) is 4.92. The SMILES string of the molecule is CC(C)(C)[SH](=O)(O)C(C)(C)C. The number of hydrogen-bond acceptors (Lipinski definition) is 1. The maximum atomic E-state index is 11.8. The first-order chi connectivity index (χ1) is 4.50. The van der Waals surface area contributed by atoms with Gasteiger partial charge in [-0.25, -0.2) is 4.21 Å².